The number of hydrogen-bond donors (Lipinski definition) is 0. The Kier molecular flexibility index (Phi) is 0.596. The van der Waals surface area contributed by atoms with Crippen LogP contribution < -0.4 is 0 Å². The average molecular weight is 198 g/mol. The summed E-state index contributed by atoms with van der Waals surface area (Å²) in [6, 6.07) is 0. The van der Waals surface area contributed by atoms with E-state index < -0.39 is 0 Å². The Morgan fingerprint density at radius 1 is 0.867 bits per heavy atom. The van der Waals surface area contributed by atoms with E-state index in [4.69, 9.17) is 0 Å². The highest BCUT2D eigenvalue weighted by Gasteiger charge is 2.93. The van der Waals surface area contributed by atoms with Crippen molar-refractivity contribution in [2.45, 2.75) is 38.5 Å². The molecule has 0 radical (unpaired) electrons. The summed E-state index contributed by atoms with van der Waals surface area (Å²) in [5.74, 6) is 7.56. The third-order valence-electron chi connectivity index (χ3n) is 9.30. The summed E-state index contributed by atoms with van der Waals surface area (Å²) >= 11 is 0. The molecular weight excluding hydrogens is 180 g/mol. The smallest absolute Gasteiger partial charge is 0.0195 e. The molecule has 0 aromatic carbocycles. The lowest BCUT2D eigenvalue weighted by Crippen LogP contribution is -2.48. The van der Waals surface area contributed by atoms with Crippen LogP contribution in [0.5, 0.6) is 0 Å². The average Bonchev–Trinajstić information content (AvgIpc) is 2.68. The van der Waals surface area contributed by atoms with Gasteiger partial charge in [-0.15, -0.1) is 0 Å². The molecular formula is C15H18. The van der Waals surface area contributed by atoms with E-state index in [1.165, 1.54) is 35.5 Å². The second-order valence-electron chi connectivity index (χ2n) is 8.59. The predicted octanol–water partition coefficient (Wildman–Crippen LogP) is 3.08. The van der Waals surface area contributed by atoms with Gasteiger partial charge < -0.3 is 0 Å². The maximum absolute atomic E-state index is 1.73. The zero-order chi connectivity index (χ0) is 9.21. The van der Waals surface area contributed by atoms with Crippen molar-refractivity contribution in [3.8, 4) is 0 Å². The minimum absolute atomic E-state index is 0.950. The lowest BCUT2D eigenvalue weighted by atomic mass is 9.50. The fraction of sp³-hybridized carbons (Fsp3) is 1.00. The lowest BCUT2D eigenvalue weighted by Gasteiger charge is -2.54. The Morgan fingerprint density at radius 2 is 1.87 bits per heavy atom. The van der Waals surface area contributed by atoms with Crippen molar-refractivity contribution in [2.75, 3.05) is 0 Å². The van der Waals surface area contributed by atoms with Gasteiger partial charge in [-0.05, 0) is 90.3 Å². The van der Waals surface area contributed by atoms with Crippen molar-refractivity contribution in [3.63, 3.8) is 0 Å². The quantitative estimate of drug-likeness (QED) is 0.561. The van der Waals surface area contributed by atoms with Crippen LogP contribution in [0.25, 0.3) is 0 Å². The first-order valence-electron chi connectivity index (χ1n) is 7.30. The van der Waals surface area contributed by atoms with Crippen LogP contribution in [0.2, 0.25) is 0 Å². The highest BCUT2D eigenvalue weighted by atomic mass is 15.0. The van der Waals surface area contributed by atoms with Crippen molar-refractivity contribution in [2.24, 2.45) is 51.8 Å². The van der Waals surface area contributed by atoms with Crippen molar-refractivity contribution >= 4 is 0 Å². The zero-order valence-electron chi connectivity index (χ0n) is 9.21. The highest BCUT2D eigenvalue weighted by molar-refractivity contribution is 5.41. The first-order valence-corrected chi connectivity index (χ1v) is 7.30. The van der Waals surface area contributed by atoms with E-state index in [0.29, 0.717) is 0 Å². The number of hydrogen-bond acceptors (Lipinski definition) is 0. The van der Waals surface area contributed by atoms with E-state index in [0.717, 1.165) is 16.2 Å². The third-order valence-corrected chi connectivity index (χ3v) is 9.30. The van der Waals surface area contributed by atoms with E-state index in [9.17, 15) is 0 Å². The van der Waals surface area contributed by atoms with Gasteiger partial charge in [0, 0.05) is 0 Å². The summed E-state index contributed by atoms with van der Waals surface area (Å²) in [6.45, 7) is 0. The molecule has 0 aromatic heterocycles. The van der Waals surface area contributed by atoms with Crippen LogP contribution in [-0.2, 0) is 0 Å². The molecule has 9 aliphatic rings. The van der Waals surface area contributed by atoms with Crippen molar-refractivity contribution in [1.29, 1.82) is 0 Å². The molecule has 0 heterocycles. The van der Waals surface area contributed by atoms with Crippen LogP contribution in [0.4, 0.5) is 0 Å². The third kappa shape index (κ3) is 0.331. The molecule has 15 heavy (non-hydrogen) atoms. The van der Waals surface area contributed by atoms with Gasteiger partial charge in [-0.25, -0.2) is 0 Å². The molecule has 9 atom stereocenters. The molecule has 78 valence electrons. The summed E-state index contributed by atoms with van der Waals surface area (Å²) in [6.07, 6.45) is 10.3. The van der Waals surface area contributed by atoms with Crippen LogP contribution in [0.1, 0.15) is 38.5 Å². The van der Waals surface area contributed by atoms with Crippen molar-refractivity contribution < 1.29 is 0 Å². The minimum Gasteiger partial charge on any atom is -0.0465 e. The zero-order valence-corrected chi connectivity index (χ0v) is 9.21. The molecule has 0 N–H and O–H groups in total. The van der Waals surface area contributed by atoms with Gasteiger partial charge in [0.2, 0.25) is 0 Å². The molecule has 9 saturated carbocycles. The Hall–Kier alpha value is 0. The van der Waals surface area contributed by atoms with E-state index in [2.05, 4.69) is 0 Å². The fourth-order valence-electron chi connectivity index (χ4n) is 9.91. The topological polar surface area (TPSA) is 0 Å². The van der Waals surface area contributed by atoms with Gasteiger partial charge >= 0.3 is 0 Å². The van der Waals surface area contributed by atoms with Gasteiger partial charge in [0.25, 0.3) is 0 Å². The minimum atomic E-state index is 0.950. The molecule has 9 aliphatic carbocycles. The lowest BCUT2D eigenvalue weighted by molar-refractivity contribution is -0.0595. The summed E-state index contributed by atoms with van der Waals surface area (Å²) in [5, 5.41) is 0. The van der Waals surface area contributed by atoms with Crippen molar-refractivity contribution in [3.05, 3.63) is 0 Å². The van der Waals surface area contributed by atoms with Gasteiger partial charge in [0.1, 0.15) is 0 Å². The van der Waals surface area contributed by atoms with Crippen LogP contribution in [0.3, 0.4) is 0 Å². The number of rotatable bonds is 0. The van der Waals surface area contributed by atoms with Crippen LogP contribution >= 0.6 is 0 Å². The summed E-state index contributed by atoms with van der Waals surface area (Å²) < 4.78 is 0. The standard InChI is InChI=1S/C15H18/c1-7-2-14-4-9-8(1)13-3-10(12(7)14)15(9,6-13)11(14)5-13/h7-12H,1-6H2. The Balaban J connectivity index is 1.77. The van der Waals surface area contributed by atoms with Crippen molar-refractivity contribution in [1.82, 2.24) is 0 Å². The molecule has 0 amide bonds. The van der Waals surface area contributed by atoms with Gasteiger partial charge in [0.15, 0.2) is 0 Å². The maximum Gasteiger partial charge on any atom is -0.0195 e. The molecule has 9 fully saturated rings. The normalized spacial score (nSPS) is 91.2. The van der Waals surface area contributed by atoms with E-state index in [-0.39, 0.29) is 0 Å². The van der Waals surface area contributed by atoms with E-state index >= 15 is 0 Å². The van der Waals surface area contributed by atoms with E-state index in [1.54, 1.807) is 38.5 Å². The molecule has 3 spiro atoms. The van der Waals surface area contributed by atoms with Gasteiger partial charge in [-0.1, -0.05) is 0 Å². The molecule has 9 rings (SSSR count). The molecule has 0 heteroatoms. The van der Waals surface area contributed by atoms with E-state index in [1.807, 2.05) is 0 Å². The molecule has 0 aliphatic heterocycles. The molecule has 9 unspecified atom stereocenters. The Labute approximate surface area is 90.8 Å². The van der Waals surface area contributed by atoms with Crippen LogP contribution in [0, 0.1) is 51.8 Å². The predicted molar refractivity (Wildman–Crippen MR) is 55.9 cm³/mol. The molecule has 0 aromatic rings. The van der Waals surface area contributed by atoms with Gasteiger partial charge in [-0.2, -0.15) is 0 Å². The van der Waals surface area contributed by atoms with Gasteiger partial charge in [0.05, 0.1) is 0 Å². The summed E-state index contributed by atoms with van der Waals surface area (Å²) in [5.41, 5.74) is 2.91. The summed E-state index contributed by atoms with van der Waals surface area (Å²) in [4.78, 5) is 0. The molecule has 0 nitrogen and oxygen atoms in total. The SMILES string of the molecule is C1C2CC34CC5C1C16CC(C23)C5(C1)C4C6. The second kappa shape index (κ2) is 1.34. The van der Waals surface area contributed by atoms with Crippen LogP contribution in [0.15, 0.2) is 0 Å². The molecule has 8 bridgehead atoms. The highest BCUT2D eigenvalue weighted by Crippen LogP contribution is 3.00. The first kappa shape index (κ1) is 6.67. The second-order valence-corrected chi connectivity index (χ2v) is 8.59. The fourth-order valence-corrected chi connectivity index (χ4v) is 9.91. The molecule has 0 saturated heterocycles. The largest absolute Gasteiger partial charge is 0.0465 e. The van der Waals surface area contributed by atoms with Gasteiger partial charge in [-0.3, -0.25) is 0 Å². The first-order chi connectivity index (χ1) is 7.30. The summed E-state index contributed by atoms with van der Waals surface area (Å²) in [7, 11) is 0. The monoisotopic (exact) mass is 198 g/mol. The Morgan fingerprint density at radius 3 is 2.87 bits per heavy atom. The Bertz CT molecular complexity index is 447. The maximum atomic E-state index is 1.73. The van der Waals surface area contributed by atoms with Crippen LogP contribution in [-0.4, -0.2) is 0 Å².